The molecule has 1 fully saturated rings. The molecule has 1 heterocycles. The number of amides is 1. The summed E-state index contributed by atoms with van der Waals surface area (Å²) in [6.07, 6.45) is 5.81. The number of nitrogens with one attached hydrogen (secondary N) is 3. The lowest BCUT2D eigenvalue weighted by molar-refractivity contribution is -0.122. The van der Waals surface area contributed by atoms with Crippen molar-refractivity contribution >= 4 is 35.8 Å². The van der Waals surface area contributed by atoms with E-state index in [9.17, 15) is 4.79 Å². The van der Waals surface area contributed by atoms with Crippen LogP contribution in [0.2, 0.25) is 0 Å². The number of benzene rings is 1. The maximum absolute atomic E-state index is 11.6. The molecule has 8 heteroatoms. The van der Waals surface area contributed by atoms with Crippen molar-refractivity contribution in [3.05, 3.63) is 53.9 Å². The van der Waals surface area contributed by atoms with Gasteiger partial charge in [-0.3, -0.25) is 9.48 Å². The molecule has 7 nitrogen and oxygen atoms in total. The normalized spacial score (nSPS) is 13.5. The van der Waals surface area contributed by atoms with Gasteiger partial charge in [-0.25, -0.2) is 4.99 Å². The first-order chi connectivity index (χ1) is 13.2. The third-order valence-corrected chi connectivity index (χ3v) is 4.32. The molecule has 0 spiro atoms. The fraction of sp³-hybridized carbons (Fsp3) is 0.450. The molecule has 1 aromatic carbocycles. The Hall–Kier alpha value is -2.10. The maximum atomic E-state index is 11.6. The largest absolute Gasteiger partial charge is 0.357 e. The first-order valence-corrected chi connectivity index (χ1v) is 9.59. The third-order valence-electron chi connectivity index (χ3n) is 4.32. The Balaban J connectivity index is 0.00000280. The summed E-state index contributed by atoms with van der Waals surface area (Å²) in [6, 6.07) is 10.3. The molecule has 2 aromatic rings. The Morgan fingerprint density at radius 2 is 1.96 bits per heavy atom. The highest BCUT2D eigenvalue weighted by Crippen LogP contribution is 2.28. The number of halogens is 1. The lowest BCUT2D eigenvalue weighted by Gasteiger charge is -2.12. The Morgan fingerprint density at radius 1 is 1.18 bits per heavy atom. The molecule has 0 saturated heterocycles. The van der Waals surface area contributed by atoms with Crippen molar-refractivity contribution in [2.75, 3.05) is 19.6 Å². The second kappa shape index (κ2) is 11.7. The zero-order valence-corrected chi connectivity index (χ0v) is 18.6. The van der Waals surface area contributed by atoms with Crippen molar-refractivity contribution in [3.8, 4) is 0 Å². The monoisotopic (exact) mass is 496 g/mol. The average Bonchev–Trinajstić information content (AvgIpc) is 3.41. The lowest BCUT2D eigenvalue weighted by Crippen LogP contribution is -2.41. The highest BCUT2D eigenvalue weighted by molar-refractivity contribution is 14.0. The van der Waals surface area contributed by atoms with Crippen molar-refractivity contribution in [3.63, 3.8) is 0 Å². The Labute approximate surface area is 183 Å². The Bertz CT molecular complexity index is 758. The average molecular weight is 496 g/mol. The van der Waals surface area contributed by atoms with Crippen LogP contribution in [0.15, 0.2) is 47.7 Å². The van der Waals surface area contributed by atoms with E-state index in [-0.39, 0.29) is 35.8 Å². The van der Waals surface area contributed by atoms with E-state index in [1.165, 1.54) is 5.56 Å². The fourth-order valence-electron chi connectivity index (χ4n) is 2.78. The van der Waals surface area contributed by atoms with Gasteiger partial charge in [-0.15, -0.1) is 24.0 Å². The SMILES string of the molecule is CCNC(=NCc1cccc(Cn2cccn2)c1)NCCNC(=O)C1CC1.I. The quantitative estimate of drug-likeness (QED) is 0.215. The predicted octanol–water partition coefficient (Wildman–Crippen LogP) is 2.13. The van der Waals surface area contributed by atoms with Crippen LogP contribution in [0, 0.1) is 5.92 Å². The molecular formula is C20H29IN6O. The minimum Gasteiger partial charge on any atom is -0.357 e. The highest BCUT2D eigenvalue weighted by Gasteiger charge is 2.28. The summed E-state index contributed by atoms with van der Waals surface area (Å²) in [5.74, 6) is 1.18. The molecule has 3 N–H and O–H groups in total. The Kier molecular flexibility index (Phi) is 9.26. The van der Waals surface area contributed by atoms with Gasteiger partial charge in [0.15, 0.2) is 5.96 Å². The molecule has 1 aromatic heterocycles. The summed E-state index contributed by atoms with van der Waals surface area (Å²) in [4.78, 5) is 16.3. The molecule has 0 bridgehead atoms. The molecule has 28 heavy (non-hydrogen) atoms. The van der Waals surface area contributed by atoms with E-state index in [1.807, 2.05) is 23.9 Å². The van der Waals surface area contributed by atoms with Crippen LogP contribution in [0.1, 0.15) is 30.9 Å². The fourth-order valence-corrected chi connectivity index (χ4v) is 2.78. The van der Waals surface area contributed by atoms with E-state index in [2.05, 4.69) is 50.3 Å². The van der Waals surface area contributed by atoms with Crippen molar-refractivity contribution in [2.24, 2.45) is 10.9 Å². The Morgan fingerprint density at radius 3 is 2.68 bits per heavy atom. The predicted molar refractivity (Wildman–Crippen MR) is 122 cm³/mol. The van der Waals surface area contributed by atoms with E-state index in [0.717, 1.165) is 37.5 Å². The van der Waals surface area contributed by atoms with Crippen LogP contribution in [0.4, 0.5) is 0 Å². The zero-order valence-electron chi connectivity index (χ0n) is 16.2. The summed E-state index contributed by atoms with van der Waals surface area (Å²) in [6.45, 7) is 5.44. The standard InChI is InChI=1S/C20H28N6O.HI/c1-2-21-20(23-11-10-22-19(27)18-7-8-18)24-14-16-5-3-6-17(13-16)15-26-12-4-9-25-26;/h3-6,9,12-13,18H,2,7-8,10-11,14-15H2,1H3,(H,22,27)(H2,21,23,24);1H. The van der Waals surface area contributed by atoms with Gasteiger partial charge in [-0.2, -0.15) is 5.10 Å². The van der Waals surface area contributed by atoms with E-state index >= 15 is 0 Å². The van der Waals surface area contributed by atoms with Gasteiger partial charge in [-0.1, -0.05) is 24.3 Å². The smallest absolute Gasteiger partial charge is 0.223 e. The summed E-state index contributed by atoms with van der Waals surface area (Å²) in [5, 5.41) is 13.7. The minimum absolute atomic E-state index is 0. The van der Waals surface area contributed by atoms with Gasteiger partial charge in [0.25, 0.3) is 0 Å². The number of carbonyl (C=O) groups excluding carboxylic acids is 1. The number of guanidine groups is 1. The molecule has 0 atom stereocenters. The van der Waals surface area contributed by atoms with Crippen LogP contribution in [0.5, 0.6) is 0 Å². The molecule has 152 valence electrons. The van der Waals surface area contributed by atoms with E-state index in [4.69, 9.17) is 0 Å². The summed E-state index contributed by atoms with van der Waals surface area (Å²) in [5.41, 5.74) is 2.35. The molecule has 1 amide bonds. The van der Waals surface area contributed by atoms with E-state index < -0.39 is 0 Å². The molecule has 0 aliphatic heterocycles. The number of hydrogen-bond donors (Lipinski definition) is 3. The number of rotatable bonds is 9. The number of nitrogens with zero attached hydrogens (tertiary/aromatic N) is 3. The van der Waals surface area contributed by atoms with Crippen molar-refractivity contribution < 1.29 is 4.79 Å². The van der Waals surface area contributed by atoms with Crippen molar-refractivity contribution in [2.45, 2.75) is 32.9 Å². The molecule has 1 aliphatic carbocycles. The van der Waals surface area contributed by atoms with Gasteiger partial charge < -0.3 is 16.0 Å². The van der Waals surface area contributed by atoms with Crippen LogP contribution < -0.4 is 16.0 Å². The first kappa shape index (κ1) is 22.2. The van der Waals surface area contributed by atoms with Gasteiger partial charge in [0.05, 0.1) is 13.1 Å². The summed E-state index contributed by atoms with van der Waals surface area (Å²) < 4.78 is 1.91. The van der Waals surface area contributed by atoms with Crippen LogP contribution in [0.3, 0.4) is 0 Å². The van der Waals surface area contributed by atoms with Gasteiger partial charge in [0, 0.05) is 37.9 Å². The van der Waals surface area contributed by atoms with Crippen LogP contribution in [-0.2, 0) is 17.9 Å². The molecule has 3 rings (SSSR count). The maximum Gasteiger partial charge on any atom is 0.223 e. The molecule has 0 radical (unpaired) electrons. The topological polar surface area (TPSA) is 83.3 Å². The first-order valence-electron chi connectivity index (χ1n) is 9.59. The molecular weight excluding hydrogens is 467 g/mol. The van der Waals surface area contributed by atoms with Crippen LogP contribution >= 0.6 is 24.0 Å². The number of aliphatic imine (C=N–C) groups is 1. The third kappa shape index (κ3) is 7.49. The number of hydrogen-bond acceptors (Lipinski definition) is 3. The summed E-state index contributed by atoms with van der Waals surface area (Å²) >= 11 is 0. The zero-order chi connectivity index (χ0) is 18.9. The van der Waals surface area contributed by atoms with Gasteiger partial charge in [0.2, 0.25) is 5.91 Å². The molecule has 1 saturated carbocycles. The van der Waals surface area contributed by atoms with Gasteiger partial charge >= 0.3 is 0 Å². The van der Waals surface area contributed by atoms with Gasteiger partial charge in [-0.05, 0) is 37.0 Å². The van der Waals surface area contributed by atoms with Crippen molar-refractivity contribution in [1.29, 1.82) is 0 Å². The van der Waals surface area contributed by atoms with Gasteiger partial charge in [0.1, 0.15) is 0 Å². The molecule has 0 unspecified atom stereocenters. The highest BCUT2D eigenvalue weighted by atomic mass is 127. The van der Waals surface area contributed by atoms with E-state index in [1.54, 1.807) is 6.20 Å². The van der Waals surface area contributed by atoms with Crippen LogP contribution in [-0.4, -0.2) is 41.3 Å². The van der Waals surface area contributed by atoms with Crippen molar-refractivity contribution in [1.82, 2.24) is 25.7 Å². The number of carbonyl (C=O) groups is 1. The summed E-state index contributed by atoms with van der Waals surface area (Å²) in [7, 11) is 0. The second-order valence-corrected chi connectivity index (χ2v) is 6.71. The second-order valence-electron chi connectivity index (χ2n) is 6.71. The number of aromatic nitrogens is 2. The lowest BCUT2D eigenvalue weighted by atomic mass is 10.1. The molecule has 1 aliphatic rings. The minimum atomic E-state index is 0. The van der Waals surface area contributed by atoms with Crippen LogP contribution in [0.25, 0.3) is 0 Å². The van der Waals surface area contributed by atoms with E-state index in [0.29, 0.717) is 19.6 Å².